The molecule has 0 aromatic rings. The maximum atomic E-state index is 10.2. The molecule has 4 heteroatoms. The molecule has 0 bridgehead atoms. The van der Waals surface area contributed by atoms with Crippen LogP contribution in [0.5, 0.6) is 0 Å². The third-order valence-electron chi connectivity index (χ3n) is 4.53. The highest BCUT2D eigenvalue weighted by Gasteiger charge is 1.95. The first-order valence-corrected chi connectivity index (χ1v) is 10.5. The summed E-state index contributed by atoms with van der Waals surface area (Å²) in [5.41, 5.74) is 0. The average molecular weight is 343 g/mol. The summed E-state index contributed by atoms with van der Waals surface area (Å²) in [6, 6.07) is 0. The predicted molar refractivity (Wildman–Crippen MR) is 99.8 cm³/mol. The van der Waals surface area contributed by atoms with Crippen LogP contribution in [0.2, 0.25) is 0 Å². The van der Waals surface area contributed by atoms with Gasteiger partial charge in [-0.2, -0.15) is 0 Å². The normalized spacial score (nSPS) is 14.0. The summed E-state index contributed by atoms with van der Waals surface area (Å²) in [5, 5.41) is 15.8. The molecule has 3 N–H and O–H groups in total. The first kappa shape index (κ1) is 23.4. The molecule has 0 aromatic heterocycles. The Morgan fingerprint density at radius 2 is 1.21 bits per heavy atom. The van der Waals surface area contributed by atoms with Crippen molar-refractivity contribution in [2.24, 2.45) is 0 Å². The van der Waals surface area contributed by atoms with Crippen molar-refractivity contribution in [3.8, 4) is 0 Å². The number of nitrogens with two attached hydrogens (primary N) is 1. The molecule has 1 aliphatic heterocycles. The number of aliphatic carboxylic acids is 1. The first-order valence-electron chi connectivity index (χ1n) is 10.5. The number of nitrogens with one attached hydrogen (secondary N) is 1. The summed E-state index contributed by atoms with van der Waals surface area (Å²) in [5.74, 6) is -0.905. The third-order valence-corrected chi connectivity index (χ3v) is 4.53. The summed E-state index contributed by atoms with van der Waals surface area (Å²) in [4.78, 5) is 10.2. The Balaban J connectivity index is 0.000000728. The fraction of sp³-hybridized carbons (Fsp3) is 0.950. The van der Waals surface area contributed by atoms with Gasteiger partial charge in [-0.15, -0.1) is 0 Å². The SMILES string of the molecule is C1C[NH2+]CCN1.CCCCCCCCCCCCCCCC(=O)[O-]. The van der Waals surface area contributed by atoms with Gasteiger partial charge >= 0.3 is 0 Å². The second-order valence-corrected chi connectivity index (χ2v) is 6.98. The number of carbonyl (C=O) groups excluding carboxylic acids is 1. The van der Waals surface area contributed by atoms with E-state index < -0.39 is 5.97 Å². The largest absolute Gasteiger partial charge is 0.550 e. The average Bonchev–Trinajstić information content (AvgIpc) is 2.61. The van der Waals surface area contributed by atoms with Gasteiger partial charge in [-0.3, -0.25) is 0 Å². The van der Waals surface area contributed by atoms with Crippen LogP contribution in [0.25, 0.3) is 0 Å². The molecule has 144 valence electrons. The van der Waals surface area contributed by atoms with Crippen molar-refractivity contribution in [3.05, 3.63) is 0 Å². The van der Waals surface area contributed by atoms with E-state index in [1.165, 1.54) is 96.8 Å². The lowest BCUT2D eigenvalue weighted by molar-refractivity contribution is -0.657. The highest BCUT2D eigenvalue weighted by molar-refractivity contribution is 5.63. The number of piperazine rings is 1. The van der Waals surface area contributed by atoms with E-state index in [2.05, 4.69) is 17.6 Å². The van der Waals surface area contributed by atoms with Crippen LogP contribution in [0.3, 0.4) is 0 Å². The van der Waals surface area contributed by atoms with Gasteiger partial charge in [0.2, 0.25) is 0 Å². The molecule has 0 aromatic carbocycles. The van der Waals surface area contributed by atoms with E-state index in [0.717, 1.165) is 12.8 Å². The Kier molecular flexibility index (Phi) is 19.9. The lowest BCUT2D eigenvalue weighted by Gasteiger charge is -2.07. The van der Waals surface area contributed by atoms with E-state index in [1.54, 1.807) is 0 Å². The topological polar surface area (TPSA) is 68.8 Å². The molecule has 1 fully saturated rings. The molecule has 4 nitrogen and oxygen atoms in total. The molecular formula is C20H42N2O2. The Hall–Kier alpha value is -0.610. The Labute approximate surface area is 150 Å². The smallest absolute Gasteiger partial charge is 0.0882 e. The molecule has 1 rings (SSSR count). The summed E-state index contributed by atoms with van der Waals surface area (Å²) < 4.78 is 0. The maximum absolute atomic E-state index is 10.2. The Morgan fingerprint density at radius 1 is 0.792 bits per heavy atom. The first-order chi connectivity index (χ1) is 11.8. The van der Waals surface area contributed by atoms with Crippen molar-refractivity contribution in [2.75, 3.05) is 26.2 Å². The third kappa shape index (κ3) is 21.4. The van der Waals surface area contributed by atoms with Crippen LogP contribution in [0.1, 0.15) is 96.8 Å². The zero-order chi connectivity index (χ0) is 17.7. The number of hydrogen-bond donors (Lipinski definition) is 2. The van der Waals surface area contributed by atoms with E-state index >= 15 is 0 Å². The van der Waals surface area contributed by atoms with Gasteiger partial charge in [0, 0.05) is 19.1 Å². The maximum Gasteiger partial charge on any atom is 0.0882 e. The van der Waals surface area contributed by atoms with Crippen LogP contribution in [0.4, 0.5) is 0 Å². The van der Waals surface area contributed by atoms with E-state index in [9.17, 15) is 9.90 Å². The fourth-order valence-corrected chi connectivity index (χ4v) is 2.96. The molecule has 0 saturated carbocycles. The van der Waals surface area contributed by atoms with E-state index in [-0.39, 0.29) is 6.42 Å². The molecule has 0 unspecified atom stereocenters. The zero-order valence-electron chi connectivity index (χ0n) is 16.1. The van der Waals surface area contributed by atoms with Gasteiger partial charge in [0.25, 0.3) is 0 Å². The highest BCUT2D eigenvalue weighted by Crippen LogP contribution is 2.12. The molecule has 0 atom stereocenters. The van der Waals surface area contributed by atoms with Crippen LogP contribution < -0.4 is 15.7 Å². The quantitative estimate of drug-likeness (QED) is 0.476. The molecule has 1 aliphatic rings. The number of hydrogen-bond acceptors (Lipinski definition) is 3. The van der Waals surface area contributed by atoms with Crippen LogP contribution in [0, 0.1) is 0 Å². The lowest BCUT2D eigenvalue weighted by atomic mass is 10.0. The highest BCUT2D eigenvalue weighted by atomic mass is 16.4. The molecule has 0 amide bonds. The molecule has 0 spiro atoms. The molecule has 1 heterocycles. The van der Waals surface area contributed by atoms with Gasteiger partial charge in [0.1, 0.15) is 0 Å². The van der Waals surface area contributed by atoms with Gasteiger partial charge in [-0.25, -0.2) is 0 Å². The standard InChI is InChI=1S/C16H32O2.C4H10N2/c1-2-3-4-5-6-7-8-9-10-11-12-13-14-15-16(17)18;1-2-6-4-3-5-1/h2-15H2,1H3,(H,17,18);5-6H,1-4H2. The minimum Gasteiger partial charge on any atom is -0.550 e. The van der Waals surface area contributed by atoms with Gasteiger partial charge < -0.3 is 20.5 Å². The molecular weight excluding hydrogens is 300 g/mol. The molecule has 0 aliphatic carbocycles. The number of carboxylic acids is 1. The van der Waals surface area contributed by atoms with Crippen LogP contribution in [-0.4, -0.2) is 32.1 Å². The van der Waals surface area contributed by atoms with Crippen molar-refractivity contribution in [1.82, 2.24) is 5.32 Å². The monoisotopic (exact) mass is 342 g/mol. The minimum atomic E-state index is -0.905. The van der Waals surface area contributed by atoms with E-state index in [0.29, 0.717) is 0 Å². The number of quaternary nitrogens is 1. The number of carboxylic acid groups (broad SMARTS) is 1. The molecule has 1 saturated heterocycles. The van der Waals surface area contributed by atoms with Gasteiger partial charge in [0.15, 0.2) is 0 Å². The minimum absolute atomic E-state index is 0.234. The van der Waals surface area contributed by atoms with E-state index in [4.69, 9.17) is 0 Å². The van der Waals surface area contributed by atoms with Crippen LogP contribution in [0.15, 0.2) is 0 Å². The second kappa shape index (κ2) is 20.4. The summed E-state index contributed by atoms with van der Waals surface area (Å²) in [7, 11) is 0. The Morgan fingerprint density at radius 3 is 1.50 bits per heavy atom. The van der Waals surface area contributed by atoms with Crippen molar-refractivity contribution in [2.45, 2.75) is 96.8 Å². The van der Waals surface area contributed by atoms with Crippen molar-refractivity contribution >= 4 is 5.97 Å². The van der Waals surface area contributed by atoms with Crippen LogP contribution >= 0.6 is 0 Å². The van der Waals surface area contributed by atoms with Gasteiger partial charge in [-0.1, -0.05) is 84.0 Å². The number of carbonyl (C=O) groups is 1. The zero-order valence-corrected chi connectivity index (χ0v) is 16.1. The van der Waals surface area contributed by atoms with Crippen molar-refractivity contribution in [3.63, 3.8) is 0 Å². The summed E-state index contributed by atoms with van der Waals surface area (Å²) in [6.07, 6.45) is 16.9. The Bertz CT molecular complexity index is 245. The van der Waals surface area contributed by atoms with Crippen molar-refractivity contribution < 1.29 is 15.2 Å². The fourth-order valence-electron chi connectivity index (χ4n) is 2.96. The molecule has 24 heavy (non-hydrogen) atoms. The summed E-state index contributed by atoms with van der Waals surface area (Å²) in [6.45, 7) is 7.17. The van der Waals surface area contributed by atoms with Gasteiger partial charge in [0.05, 0.1) is 13.1 Å². The predicted octanol–water partition coefficient (Wildman–Crippen LogP) is 2.37. The van der Waals surface area contributed by atoms with Gasteiger partial charge in [-0.05, 0) is 12.8 Å². The number of unbranched alkanes of at least 4 members (excludes halogenated alkanes) is 12. The van der Waals surface area contributed by atoms with E-state index in [1.807, 2.05) is 0 Å². The number of rotatable bonds is 14. The van der Waals surface area contributed by atoms with Crippen LogP contribution in [-0.2, 0) is 4.79 Å². The second-order valence-electron chi connectivity index (χ2n) is 6.98. The van der Waals surface area contributed by atoms with Crippen molar-refractivity contribution in [1.29, 1.82) is 0 Å². The summed E-state index contributed by atoms with van der Waals surface area (Å²) >= 11 is 0. The molecule has 0 radical (unpaired) electrons. The lowest BCUT2D eigenvalue weighted by Crippen LogP contribution is -2.89.